The van der Waals surface area contributed by atoms with Crippen LogP contribution in [0.2, 0.25) is 0 Å². The minimum absolute atomic E-state index is 0.190. The quantitative estimate of drug-likeness (QED) is 0.253. The van der Waals surface area contributed by atoms with Crippen molar-refractivity contribution in [2.45, 2.75) is 127 Å². The van der Waals surface area contributed by atoms with E-state index in [0.717, 1.165) is 11.1 Å². The van der Waals surface area contributed by atoms with Crippen molar-refractivity contribution in [1.82, 2.24) is 9.80 Å². The number of cyclic esters (lactones) is 1. The molecule has 4 fully saturated rings. The van der Waals surface area contributed by atoms with Crippen LogP contribution in [0.3, 0.4) is 0 Å². The van der Waals surface area contributed by atoms with E-state index < -0.39 is 77.6 Å². The molecule has 284 valence electrons. The van der Waals surface area contributed by atoms with Gasteiger partial charge in [0.25, 0.3) is 0 Å². The van der Waals surface area contributed by atoms with Gasteiger partial charge >= 0.3 is 12.1 Å². The molecule has 1 aromatic rings. The van der Waals surface area contributed by atoms with Gasteiger partial charge in [0, 0.05) is 42.2 Å². The summed E-state index contributed by atoms with van der Waals surface area (Å²) < 4.78 is 31.3. The Bertz CT molecular complexity index is 1590. The smallest absolute Gasteiger partial charge is 0.411 e. The Morgan fingerprint density at radius 3 is 2.52 bits per heavy atom. The van der Waals surface area contributed by atoms with Crippen molar-refractivity contribution in [2.75, 3.05) is 26.7 Å². The number of nitrogens with zero attached hydrogens (tertiary/aromatic N) is 3. The molecule has 6 rings (SSSR count). The molecular weight excluding hydrogens is 670 g/mol. The summed E-state index contributed by atoms with van der Waals surface area (Å²) in [5.41, 5.74) is -0.298. The zero-order chi connectivity index (χ0) is 37.7. The number of rotatable bonds is 6. The number of ether oxygens (including phenoxy) is 5. The Balaban J connectivity index is 1.32. The lowest BCUT2D eigenvalue weighted by atomic mass is 9.75. The number of likely N-dealkylation sites (N-methyl/N-ethyl adjacent to an activating group) is 1. The van der Waals surface area contributed by atoms with Gasteiger partial charge in [-0.2, -0.15) is 0 Å². The highest BCUT2D eigenvalue weighted by molar-refractivity contribution is 6.00. The number of terminal acetylenes is 1. The van der Waals surface area contributed by atoms with E-state index in [0.29, 0.717) is 31.6 Å². The molecule has 1 aromatic carbocycles. The van der Waals surface area contributed by atoms with Crippen molar-refractivity contribution in [3.63, 3.8) is 0 Å². The molecule has 5 aliphatic heterocycles. The highest BCUT2D eigenvalue weighted by Crippen LogP contribution is 2.44. The lowest BCUT2D eigenvalue weighted by molar-refractivity contribution is -0.293. The lowest BCUT2D eigenvalue weighted by Crippen LogP contribution is -2.71. The van der Waals surface area contributed by atoms with Crippen molar-refractivity contribution < 1.29 is 48.3 Å². The fourth-order valence-corrected chi connectivity index (χ4v) is 8.88. The number of benzene rings is 1. The van der Waals surface area contributed by atoms with Crippen LogP contribution in [0.25, 0.3) is 0 Å². The van der Waals surface area contributed by atoms with Crippen LogP contribution in [0.5, 0.6) is 0 Å². The second-order valence-electron chi connectivity index (χ2n) is 15.6. The van der Waals surface area contributed by atoms with Gasteiger partial charge in [0.2, 0.25) is 0 Å². The molecule has 13 nitrogen and oxygen atoms in total. The fourth-order valence-electron chi connectivity index (χ4n) is 8.88. The predicted octanol–water partition coefficient (Wildman–Crippen LogP) is 2.72. The van der Waals surface area contributed by atoms with E-state index in [1.165, 1.54) is 11.8 Å². The van der Waals surface area contributed by atoms with Gasteiger partial charge in [-0.1, -0.05) is 31.9 Å². The summed E-state index contributed by atoms with van der Waals surface area (Å²) in [5.74, 6) is -1.07. The van der Waals surface area contributed by atoms with Crippen LogP contribution in [0, 0.1) is 30.1 Å². The van der Waals surface area contributed by atoms with Gasteiger partial charge in [-0.3, -0.25) is 24.4 Å². The van der Waals surface area contributed by atoms with Gasteiger partial charge in [-0.25, -0.2) is 4.79 Å². The average molecular weight is 724 g/mol. The van der Waals surface area contributed by atoms with Crippen molar-refractivity contribution in [2.24, 2.45) is 22.7 Å². The Labute approximate surface area is 306 Å². The molecule has 0 radical (unpaired) electrons. The first kappa shape index (κ1) is 38.3. The molecule has 4 bridgehead atoms. The first-order valence-electron chi connectivity index (χ1n) is 18.5. The van der Waals surface area contributed by atoms with Crippen LogP contribution in [-0.2, 0) is 39.8 Å². The average Bonchev–Trinajstić information content (AvgIpc) is 3.53. The van der Waals surface area contributed by atoms with E-state index in [1.54, 1.807) is 20.8 Å². The van der Waals surface area contributed by atoms with Crippen LogP contribution < -0.4 is 0 Å². The SMILES string of the molecule is C#Cc1ccc(CN(C)[C@H]2C[C@@H](C)O[C@@H](O[C@@H]3[C@@H](C)C(=O)[C@@H](C)C(=O)O[C@H](CC)[C@@]4(C)OC(=O)N5CCN=C([C@@H]6CO[C@]3(C)C6)[C@H]5[C@H]4O)[C@H]2O)cc1. The molecule has 0 saturated carbocycles. The van der Waals surface area contributed by atoms with Crippen molar-refractivity contribution in [1.29, 1.82) is 0 Å². The summed E-state index contributed by atoms with van der Waals surface area (Å²) in [4.78, 5) is 49.7. The maximum atomic E-state index is 14.2. The largest absolute Gasteiger partial charge is 0.457 e. The normalized spacial score (nSPS) is 41.1. The fraction of sp³-hybridized carbons (Fsp3) is 0.692. The first-order valence-corrected chi connectivity index (χ1v) is 18.5. The van der Waals surface area contributed by atoms with E-state index >= 15 is 0 Å². The Kier molecular flexibility index (Phi) is 10.9. The van der Waals surface area contributed by atoms with E-state index in [1.807, 2.05) is 45.2 Å². The molecule has 5 aliphatic rings. The molecule has 1 amide bonds. The molecule has 4 saturated heterocycles. The minimum atomic E-state index is -1.59. The topological polar surface area (TPSA) is 157 Å². The van der Waals surface area contributed by atoms with Crippen LogP contribution in [0.15, 0.2) is 29.3 Å². The summed E-state index contributed by atoms with van der Waals surface area (Å²) in [5, 5.41) is 23.8. The summed E-state index contributed by atoms with van der Waals surface area (Å²) in [6.45, 7) is 11.6. The molecule has 52 heavy (non-hydrogen) atoms. The first-order chi connectivity index (χ1) is 24.6. The van der Waals surface area contributed by atoms with Crippen LogP contribution >= 0.6 is 0 Å². The molecular formula is C39H53N3O10. The highest BCUT2D eigenvalue weighted by atomic mass is 16.7. The Morgan fingerprint density at radius 1 is 1.13 bits per heavy atom. The number of hydrogen-bond donors (Lipinski definition) is 2. The van der Waals surface area contributed by atoms with E-state index in [2.05, 4.69) is 10.8 Å². The standard InChI is InChI=1S/C39H53N3O10/c1-9-24-11-13-25(14-12-24)19-41(8)27-17-21(3)49-36(32(27)44)51-34-22(4)31(43)23(5)35(46)50-28(10-2)39(7)33(45)30-29(26-18-38(34,6)48-20-26)40-15-16-42(30)37(47)52-39/h1,11-14,21-23,26-28,30,32-34,36,44-45H,10,15-20H2,2-8H3/t21-,22+,23-,26+,27+,28-,30+,32+,33-,34-,36+,38-,39-/m1/s1. The number of aliphatic hydroxyl groups excluding tert-OH is 2. The highest BCUT2D eigenvalue weighted by Gasteiger charge is 2.61. The van der Waals surface area contributed by atoms with Gasteiger partial charge in [-0.05, 0) is 71.7 Å². The van der Waals surface area contributed by atoms with Gasteiger partial charge in [0.05, 0.1) is 31.0 Å². The van der Waals surface area contributed by atoms with E-state index in [9.17, 15) is 24.6 Å². The number of fused-ring (bicyclic) bond motifs is 4. The van der Waals surface area contributed by atoms with Gasteiger partial charge in [0.15, 0.2) is 17.7 Å². The number of ketones is 1. The van der Waals surface area contributed by atoms with Gasteiger partial charge in [-0.15, -0.1) is 6.42 Å². The molecule has 5 heterocycles. The number of hydrogen-bond acceptors (Lipinski definition) is 12. The summed E-state index contributed by atoms with van der Waals surface area (Å²) >= 11 is 0. The summed E-state index contributed by atoms with van der Waals surface area (Å²) in [6, 6.07) is 6.52. The summed E-state index contributed by atoms with van der Waals surface area (Å²) in [7, 11) is 1.93. The van der Waals surface area contributed by atoms with Gasteiger partial charge < -0.3 is 33.9 Å². The molecule has 0 unspecified atom stereocenters. The minimum Gasteiger partial charge on any atom is -0.457 e. The predicted molar refractivity (Wildman–Crippen MR) is 189 cm³/mol. The van der Waals surface area contributed by atoms with Gasteiger partial charge in [0.1, 0.15) is 30.3 Å². The van der Waals surface area contributed by atoms with E-state index in [4.69, 9.17) is 35.1 Å². The maximum absolute atomic E-state index is 14.2. The number of amides is 1. The molecule has 13 atom stereocenters. The van der Waals surface area contributed by atoms with E-state index in [-0.39, 0.29) is 37.6 Å². The second-order valence-corrected chi connectivity index (χ2v) is 15.6. The van der Waals surface area contributed by atoms with Crippen LogP contribution in [-0.4, -0.2) is 130 Å². The number of aliphatic imine (C=N–C) groups is 1. The second kappa shape index (κ2) is 14.8. The zero-order valence-electron chi connectivity index (χ0n) is 31.2. The Hall–Kier alpha value is -3.38. The molecule has 2 N–H and O–H groups in total. The van der Waals surface area contributed by atoms with Crippen molar-refractivity contribution in [3.8, 4) is 12.3 Å². The lowest BCUT2D eigenvalue weighted by Gasteiger charge is -2.52. The monoisotopic (exact) mass is 723 g/mol. The number of carbonyl (C=O) groups excluding carboxylic acids is 3. The number of carbonyl (C=O) groups is 3. The zero-order valence-corrected chi connectivity index (χ0v) is 31.2. The van der Waals surface area contributed by atoms with Crippen molar-refractivity contribution in [3.05, 3.63) is 35.4 Å². The maximum Gasteiger partial charge on any atom is 0.411 e. The van der Waals surface area contributed by atoms with Crippen LogP contribution in [0.1, 0.15) is 71.9 Å². The third kappa shape index (κ3) is 6.90. The third-order valence-electron chi connectivity index (χ3n) is 12.0. The number of esters is 1. The molecule has 0 spiro atoms. The Morgan fingerprint density at radius 2 is 1.85 bits per heavy atom. The number of aliphatic hydroxyl groups is 2. The van der Waals surface area contributed by atoms with Crippen molar-refractivity contribution >= 4 is 23.6 Å². The molecule has 0 aliphatic carbocycles. The summed E-state index contributed by atoms with van der Waals surface area (Å²) in [6.07, 6.45) is 0.205. The molecule has 0 aromatic heterocycles. The third-order valence-corrected chi connectivity index (χ3v) is 12.0. The number of Topliss-reactive ketones (excluding diaryl/α,β-unsaturated/α-hetero) is 1. The van der Waals surface area contributed by atoms with Crippen LogP contribution in [0.4, 0.5) is 4.79 Å². The molecule has 13 heteroatoms.